The van der Waals surface area contributed by atoms with Crippen molar-refractivity contribution in [2.45, 2.75) is 26.2 Å². The molecule has 0 amide bonds. The van der Waals surface area contributed by atoms with Gasteiger partial charge in [0.25, 0.3) is 0 Å². The average molecular weight is 209 g/mol. The highest BCUT2D eigenvalue weighted by Gasteiger charge is 2.19. The molecule has 0 spiro atoms. The van der Waals surface area contributed by atoms with E-state index in [0.717, 1.165) is 19.3 Å². The Bertz CT molecular complexity index is 233. The maximum atomic E-state index is 11.0. The van der Waals surface area contributed by atoms with Gasteiger partial charge in [0.05, 0.1) is 6.61 Å². The van der Waals surface area contributed by atoms with Gasteiger partial charge >= 0.3 is 10.4 Å². The number of rotatable bonds is 4. The zero-order valence-electron chi connectivity index (χ0n) is 7.73. The minimum absolute atomic E-state index is 0.107. The summed E-state index contributed by atoms with van der Waals surface area (Å²) in [5.74, 6) is 0. The normalized spacial score (nSPS) is 20.4. The highest BCUT2D eigenvalue weighted by atomic mass is 32.3. The topological polar surface area (TPSA) is 55.8 Å². The summed E-state index contributed by atoms with van der Waals surface area (Å²) in [7, 11) is -3.81. The Morgan fingerprint density at radius 1 is 1.23 bits per heavy atom. The molecule has 78 valence electrons. The molecule has 0 unspecified atom stereocenters. The predicted octanol–water partition coefficient (Wildman–Crippen LogP) is 0.685. The molecule has 1 aliphatic rings. The van der Waals surface area contributed by atoms with E-state index in [9.17, 15) is 8.42 Å². The number of piperidine rings is 1. The van der Waals surface area contributed by atoms with E-state index in [-0.39, 0.29) is 6.61 Å². The molecule has 1 rings (SSSR count). The monoisotopic (exact) mass is 209 g/mol. The van der Waals surface area contributed by atoms with Crippen LogP contribution in [-0.4, -0.2) is 33.2 Å². The van der Waals surface area contributed by atoms with Crippen LogP contribution < -0.4 is 0 Å². The Morgan fingerprint density at radius 2 is 1.85 bits per heavy atom. The van der Waals surface area contributed by atoms with Gasteiger partial charge in [0.15, 0.2) is 0 Å². The zero-order valence-corrected chi connectivity index (χ0v) is 8.55. The highest BCUT2D eigenvalue weighted by Crippen LogP contribution is 2.11. The maximum Gasteiger partial charge on any atom is 0.416 e. The van der Waals surface area contributed by atoms with Gasteiger partial charge in [-0.2, -0.15) is 17.8 Å². The van der Waals surface area contributed by atoms with Crippen LogP contribution in [-0.2, 0) is 18.9 Å². The molecule has 0 bridgehead atoms. The van der Waals surface area contributed by atoms with Crippen molar-refractivity contribution in [1.29, 1.82) is 0 Å². The van der Waals surface area contributed by atoms with Gasteiger partial charge in [-0.1, -0.05) is 6.42 Å². The largest absolute Gasteiger partial charge is 0.416 e. The van der Waals surface area contributed by atoms with Crippen molar-refractivity contribution < 1.29 is 16.9 Å². The van der Waals surface area contributed by atoms with Gasteiger partial charge in [-0.15, -0.1) is 0 Å². The molecule has 0 radical (unpaired) electrons. The summed E-state index contributed by atoms with van der Waals surface area (Å²) in [6.07, 6.45) is 3.08. The highest BCUT2D eigenvalue weighted by molar-refractivity contribution is 7.81. The minimum atomic E-state index is -3.81. The average Bonchev–Trinajstić information content (AvgIpc) is 2.04. The van der Waals surface area contributed by atoms with E-state index in [4.69, 9.17) is 4.28 Å². The molecule has 0 aromatic heterocycles. The Labute approximate surface area is 78.9 Å². The van der Waals surface area contributed by atoms with E-state index < -0.39 is 10.4 Å². The summed E-state index contributed by atoms with van der Waals surface area (Å²) in [5.41, 5.74) is 0. The predicted molar refractivity (Wildman–Crippen MR) is 47.1 cm³/mol. The van der Waals surface area contributed by atoms with E-state index in [1.165, 1.54) is 5.06 Å². The smallest absolute Gasteiger partial charge is 0.247 e. The van der Waals surface area contributed by atoms with Crippen LogP contribution in [0.15, 0.2) is 0 Å². The van der Waals surface area contributed by atoms with Crippen molar-refractivity contribution in [2.75, 3.05) is 19.7 Å². The lowest BCUT2D eigenvalue weighted by atomic mass is 10.2. The standard InChI is InChI=1S/C7H15NO4S/c1-2-11-13(9,10)12-8-6-4-3-5-7-8/h2-7H2,1H3. The molecule has 5 nitrogen and oxygen atoms in total. The van der Waals surface area contributed by atoms with E-state index in [0.29, 0.717) is 13.1 Å². The van der Waals surface area contributed by atoms with E-state index in [1.54, 1.807) is 6.92 Å². The van der Waals surface area contributed by atoms with Crippen LogP contribution in [0.3, 0.4) is 0 Å². The number of hydroxylamine groups is 2. The number of nitrogens with zero attached hydrogens (tertiary/aromatic N) is 1. The van der Waals surface area contributed by atoms with Crippen molar-refractivity contribution in [3.05, 3.63) is 0 Å². The lowest BCUT2D eigenvalue weighted by molar-refractivity contribution is -0.0775. The third-order valence-corrected chi connectivity index (χ3v) is 2.69. The van der Waals surface area contributed by atoms with Crippen LogP contribution in [0, 0.1) is 0 Å². The Kier molecular flexibility index (Phi) is 4.11. The van der Waals surface area contributed by atoms with Gasteiger partial charge in [0.2, 0.25) is 0 Å². The van der Waals surface area contributed by atoms with Crippen LogP contribution in [0.1, 0.15) is 26.2 Å². The molecule has 13 heavy (non-hydrogen) atoms. The van der Waals surface area contributed by atoms with Crippen molar-refractivity contribution in [2.24, 2.45) is 0 Å². The molecular weight excluding hydrogens is 194 g/mol. The minimum Gasteiger partial charge on any atom is -0.247 e. The van der Waals surface area contributed by atoms with Crippen molar-refractivity contribution in [3.8, 4) is 0 Å². The first-order valence-corrected chi connectivity index (χ1v) is 5.81. The third kappa shape index (κ3) is 4.04. The second-order valence-electron chi connectivity index (χ2n) is 2.88. The molecule has 1 saturated heterocycles. The molecular formula is C7H15NO4S. The first-order valence-electron chi connectivity index (χ1n) is 4.48. The first-order chi connectivity index (χ1) is 6.14. The van der Waals surface area contributed by atoms with Crippen molar-refractivity contribution in [3.63, 3.8) is 0 Å². The zero-order chi connectivity index (χ0) is 9.73. The molecule has 0 aromatic rings. The van der Waals surface area contributed by atoms with Gasteiger partial charge in [-0.05, 0) is 19.8 Å². The summed E-state index contributed by atoms with van der Waals surface area (Å²) in [4.78, 5) is 0. The quantitative estimate of drug-likeness (QED) is 0.681. The summed E-state index contributed by atoms with van der Waals surface area (Å²) in [5, 5.41) is 1.44. The number of hydrogen-bond donors (Lipinski definition) is 0. The van der Waals surface area contributed by atoms with Crippen LogP contribution in [0.2, 0.25) is 0 Å². The summed E-state index contributed by atoms with van der Waals surface area (Å²) in [6, 6.07) is 0. The second kappa shape index (κ2) is 4.90. The van der Waals surface area contributed by atoms with Gasteiger partial charge < -0.3 is 0 Å². The molecule has 0 aromatic carbocycles. The lowest BCUT2D eigenvalue weighted by Crippen LogP contribution is -2.33. The fourth-order valence-corrected chi connectivity index (χ4v) is 1.97. The van der Waals surface area contributed by atoms with Crippen LogP contribution >= 0.6 is 0 Å². The first kappa shape index (κ1) is 10.9. The molecule has 6 heteroatoms. The SMILES string of the molecule is CCOS(=O)(=O)ON1CCCCC1. The molecule has 1 heterocycles. The van der Waals surface area contributed by atoms with Gasteiger partial charge in [0.1, 0.15) is 0 Å². The molecule has 1 aliphatic heterocycles. The molecule has 0 N–H and O–H groups in total. The molecule has 0 saturated carbocycles. The van der Waals surface area contributed by atoms with Gasteiger partial charge in [-0.25, -0.2) is 4.18 Å². The molecule has 1 fully saturated rings. The molecule has 0 atom stereocenters. The summed E-state index contributed by atoms with van der Waals surface area (Å²) >= 11 is 0. The van der Waals surface area contributed by atoms with Crippen molar-refractivity contribution >= 4 is 10.4 Å². The van der Waals surface area contributed by atoms with Gasteiger partial charge in [-0.3, -0.25) is 0 Å². The molecule has 0 aliphatic carbocycles. The summed E-state index contributed by atoms with van der Waals surface area (Å²) in [6.45, 7) is 3.03. The van der Waals surface area contributed by atoms with Crippen LogP contribution in [0.5, 0.6) is 0 Å². The van der Waals surface area contributed by atoms with E-state index in [2.05, 4.69) is 4.18 Å². The fourth-order valence-electron chi connectivity index (χ4n) is 1.23. The van der Waals surface area contributed by atoms with E-state index >= 15 is 0 Å². The Hall–Kier alpha value is -0.170. The van der Waals surface area contributed by atoms with Gasteiger partial charge in [0, 0.05) is 13.1 Å². The lowest BCUT2D eigenvalue weighted by Gasteiger charge is -2.23. The van der Waals surface area contributed by atoms with E-state index in [1.807, 2.05) is 0 Å². The summed E-state index contributed by atoms with van der Waals surface area (Å²) < 4.78 is 31.2. The fraction of sp³-hybridized carbons (Fsp3) is 1.00. The van der Waals surface area contributed by atoms with Crippen molar-refractivity contribution in [1.82, 2.24) is 5.06 Å². The Morgan fingerprint density at radius 3 is 2.38 bits per heavy atom. The number of hydrogen-bond acceptors (Lipinski definition) is 5. The second-order valence-corrected chi connectivity index (χ2v) is 4.08. The maximum absolute atomic E-state index is 11.0. The van der Waals surface area contributed by atoms with Crippen LogP contribution in [0.4, 0.5) is 0 Å². The third-order valence-electron chi connectivity index (χ3n) is 1.77. The Balaban J connectivity index is 2.37. The van der Waals surface area contributed by atoms with Crippen LogP contribution in [0.25, 0.3) is 0 Å².